The molecule has 0 saturated heterocycles. The fourth-order valence-electron chi connectivity index (χ4n) is 4.06. The van der Waals surface area contributed by atoms with Crippen LogP contribution in [0, 0.1) is 6.92 Å². The second-order valence-corrected chi connectivity index (χ2v) is 8.52. The molecule has 0 radical (unpaired) electrons. The smallest absolute Gasteiger partial charge is 0.331 e. The van der Waals surface area contributed by atoms with Crippen molar-refractivity contribution in [2.24, 2.45) is 0 Å². The van der Waals surface area contributed by atoms with E-state index in [0.29, 0.717) is 29.0 Å². The molecule has 11 heteroatoms. The molecular formula is C26H28N6O5. The number of anilines is 1. The lowest BCUT2D eigenvalue weighted by atomic mass is 10.2. The molecule has 0 saturated carbocycles. The van der Waals surface area contributed by atoms with Gasteiger partial charge in [-0.15, -0.1) is 0 Å². The van der Waals surface area contributed by atoms with Crippen molar-refractivity contribution < 1.29 is 14.3 Å². The first-order valence-corrected chi connectivity index (χ1v) is 11.8. The quantitative estimate of drug-likeness (QED) is 0.302. The average Bonchev–Trinajstić information content (AvgIpc) is 3.31. The number of H-pyrrole nitrogens is 1. The summed E-state index contributed by atoms with van der Waals surface area (Å²) in [6.45, 7) is 1.83. The van der Waals surface area contributed by atoms with Gasteiger partial charge in [-0.05, 0) is 31.5 Å². The van der Waals surface area contributed by atoms with Gasteiger partial charge in [0.05, 0.1) is 18.0 Å². The molecule has 0 atom stereocenters. The minimum Gasteiger partial charge on any atom is -0.496 e. The maximum Gasteiger partial charge on any atom is 0.331 e. The second-order valence-electron chi connectivity index (χ2n) is 8.52. The van der Waals surface area contributed by atoms with Crippen molar-refractivity contribution in [2.75, 3.05) is 12.4 Å². The summed E-state index contributed by atoms with van der Waals surface area (Å²) in [5.41, 5.74) is 0.895. The van der Waals surface area contributed by atoms with E-state index in [1.165, 1.54) is 4.57 Å². The Morgan fingerprint density at radius 3 is 2.54 bits per heavy atom. The van der Waals surface area contributed by atoms with Gasteiger partial charge < -0.3 is 15.4 Å². The van der Waals surface area contributed by atoms with Crippen LogP contribution in [0.4, 0.5) is 5.82 Å². The molecule has 37 heavy (non-hydrogen) atoms. The van der Waals surface area contributed by atoms with E-state index >= 15 is 0 Å². The number of hydrogen-bond acceptors (Lipinski definition) is 6. The molecule has 2 aromatic carbocycles. The van der Waals surface area contributed by atoms with Crippen molar-refractivity contribution in [3.8, 4) is 5.75 Å². The largest absolute Gasteiger partial charge is 0.496 e. The standard InChI is InChI=1S/C26H28N6O5/c1-17-14-22(30-29-17)28-24(34)16-32-20-10-5-4-9-19(20)25(35)31(26(32)36)13-7-12-23(33)27-15-18-8-3-6-11-21(18)37-2/h3-6,8-11,14H,7,12-13,15-16H2,1-2H3,(H,27,33)(H2,28,29,30,34). The van der Waals surface area contributed by atoms with Crippen LogP contribution in [0.3, 0.4) is 0 Å². The molecular weight excluding hydrogens is 476 g/mol. The fraction of sp³-hybridized carbons (Fsp3) is 0.269. The number of rotatable bonds is 10. The van der Waals surface area contributed by atoms with Gasteiger partial charge in [-0.1, -0.05) is 30.3 Å². The van der Waals surface area contributed by atoms with Crippen molar-refractivity contribution in [2.45, 2.75) is 39.4 Å². The molecule has 0 aliphatic rings. The first kappa shape index (κ1) is 25.4. The summed E-state index contributed by atoms with van der Waals surface area (Å²) in [6.07, 6.45) is 0.386. The Bertz CT molecular complexity index is 1550. The SMILES string of the molecule is COc1ccccc1CNC(=O)CCCn1c(=O)c2ccccc2n(CC(=O)Nc2cc(C)[nH]n2)c1=O. The van der Waals surface area contributed by atoms with E-state index in [0.717, 1.165) is 15.8 Å². The highest BCUT2D eigenvalue weighted by Gasteiger charge is 2.16. The van der Waals surface area contributed by atoms with E-state index < -0.39 is 17.2 Å². The Balaban J connectivity index is 1.47. The number of aryl methyl sites for hydroxylation is 1. The third kappa shape index (κ3) is 5.95. The third-order valence-corrected chi connectivity index (χ3v) is 5.86. The van der Waals surface area contributed by atoms with E-state index in [4.69, 9.17) is 4.74 Å². The predicted molar refractivity (Wildman–Crippen MR) is 138 cm³/mol. The number of carbonyl (C=O) groups excluding carboxylic acids is 2. The summed E-state index contributed by atoms with van der Waals surface area (Å²) in [6, 6.07) is 15.7. The second kappa shape index (κ2) is 11.4. The molecule has 0 aliphatic carbocycles. The Kier molecular flexibility index (Phi) is 7.82. The Labute approximate surface area is 212 Å². The molecule has 0 fully saturated rings. The van der Waals surface area contributed by atoms with Crippen LogP contribution in [0.2, 0.25) is 0 Å². The Hall–Kier alpha value is -4.67. The Morgan fingerprint density at radius 2 is 1.78 bits per heavy atom. The average molecular weight is 505 g/mol. The summed E-state index contributed by atoms with van der Waals surface area (Å²) >= 11 is 0. The molecule has 0 unspecified atom stereocenters. The van der Waals surface area contributed by atoms with Crippen LogP contribution in [0.5, 0.6) is 5.75 Å². The van der Waals surface area contributed by atoms with Crippen LogP contribution in [0.25, 0.3) is 10.9 Å². The lowest BCUT2D eigenvalue weighted by Gasteiger charge is -2.14. The zero-order chi connectivity index (χ0) is 26.4. The molecule has 0 spiro atoms. The number of benzene rings is 2. The number of nitrogens with zero attached hydrogens (tertiary/aromatic N) is 3. The number of amides is 2. The summed E-state index contributed by atoms with van der Waals surface area (Å²) in [7, 11) is 1.57. The van der Waals surface area contributed by atoms with Crippen LogP contribution in [-0.2, 0) is 29.2 Å². The highest BCUT2D eigenvalue weighted by Crippen LogP contribution is 2.16. The fourth-order valence-corrected chi connectivity index (χ4v) is 4.06. The summed E-state index contributed by atoms with van der Waals surface area (Å²) < 4.78 is 7.62. The molecule has 2 heterocycles. The summed E-state index contributed by atoms with van der Waals surface area (Å²) in [5.74, 6) is 0.346. The first-order chi connectivity index (χ1) is 17.9. The number of para-hydroxylation sites is 2. The Morgan fingerprint density at radius 1 is 1.03 bits per heavy atom. The van der Waals surface area contributed by atoms with Crippen LogP contribution in [0.15, 0.2) is 64.2 Å². The molecule has 4 rings (SSSR count). The molecule has 3 N–H and O–H groups in total. The van der Waals surface area contributed by atoms with E-state index in [1.54, 1.807) is 44.4 Å². The van der Waals surface area contributed by atoms with E-state index in [1.807, 2.05) is 24.3 Å². The lowest BCUT2D eigenvalue weighted by Crippen LogP contribution is -2.42. The third-order valence-electron chi connectivity index (χ3n) is 5.86. The van der Waals surface area contributed by atoms with E-state index in [-0.39, 0.29) is 31.8 Å². The van der Waals surface area contributed by atoms with Crippen molar-refractivity contribution >= 4 is 28.5 Å². The molecule has 192 valence electrons. The maximum absolute atomic E-state index is 13.3. The van der Waals surface area contributed by atoms with Gasteiger partial charge in [-0.2, -0.15) is 5.10 Å². The van der Waals surface area contributed by atoms with Gasteiger partial charge in [0, 0.05) is 36.8 Å². The van der Waals surface area contributed by atoms with Crippen molar-refractivity contribution in [3.63, 3.8) is 0 Å². The van der Waals surface area contributed by atoms with Crippen molar-refractivity contribution in [3.05, 3.63) is 86.7 Å². The van der Waals surface area contributed by atoms with Gasteiger partial charge in [0.2, 0.25) is 11.8 Å². The van der Waals surface area contributed by atoms with Gasteiger partial charge in [0.25, 0.3) is 5.56 Å². The number of fused-ring (bicyclic) bond motifs is 1. The number of aromatic nitrogens is 4. The predicted octanol–water partition coefficient (Wildman–Crippen LogP) is 1.94. The van der Waals surface area contributed by atoms with Gasteiger partial charge in [0.1, 0.15) is 12.3 Å². The lowest BCUT2D eigenvalue weighted by molar-refractivity contribution is -0.121. The number of carbonyl (C=O) groups is 2. The minimum absolute atomic E-state index is 0.0325. The normalized spacial score (nSPS) is 10.9. The zero-order valence-corrected chi connectivity index (χ0v) is 20.6. The maximum atomic E-state index is 13.3. The first-order valence-electron chi connectivity index (χ1n) is 11.8. The van der Waals surface area contributed by atoms with E-state index in [2.05, 4.69) is 20.8 Å². The zero-order valence-electron chi connectivity index (χ0n) is 20.6. The van der Waals surface area contributed by atoms with Gasteiger partial charge in [-0.25, -0.2) is 4.79 Å². The van der Waals surface area contributed by atoms with Crippen molar-refractivity contribution in [1.29, 1.82) is 0 Å². The van der Waals surface area contributed by atoms with Gasteiger partial charge in [-0.3, -0.25) is 28.6 Å². The van der Waals surface area contributed by atoms with Gasteiger partial charge in [0.15, 0.2) is 5.82 Å². The molecule has 2 amide bonds. The minimum atomic E-state index is -0.619. The summed E-state index contributed by atoms with van der Waals surface area (Å²) in [5, 5.41) is 12.5. The summed E-state index contributed by atoms with van der Waals surface area (Å²) in [4.78, 5) is 51.4. The number of methoxy groups -OCH3 is 1. The van der Waals surface area contributed by atoms with Crippen molar-refractivity contribution in [1.82, 2.24) is 24.6 Å². The van der Waals surface area contributed by atoms with Crippen LogP contribution >= 0.6 is 0 Å². The molecule has 11 nitrogen and oxygen atoms in total. The highest BCUT2D eigenvalue weighted by atomic mass is 16.5. The van der Waals surface area contributed by atoms with Crippen LogP contribution in [0.1, 0.15) is 24.1 Å². The van der Waals surface area contributed by atoms with E-state index in [9.17, 15) is 19.2 Å². The molecule has 0 aliphatic heterocycles. The number of ether oxygens (including phenoxy) is 1. The number of nitrogens with one attached hydrogen (secondary N) is 3. The monoisotopic (exact) mass is 504 g/mol. The highest BCUT2D eigenvalue weighted by molar-refractivity contribution is 5.90. The number of aromatic amines is 1. The molecule has 2 aromatic heterocycles. The number of hydrogen-bond donors (Lipinski definition) is 3. The van der Waals surface area contributed by atoms with Crippen LogP contribution < -0.4 is 26.6 Å². The molecule has 4 aromatic rings. The topological polar surface area (TPSA) is 140 Å². The van der Waals surface area contributed by atoms with Gasteiger partial charge >= 0.3 is 5.69 Å². The van der Waals surface area contributed by atoms with Crippen LogP contribution in [-0.4, -0.2) is 38.3 Å². The molecule has 0 bridgehead atoms.